The Labute approximate surface area is 157 Å². The number of H-pyrrole nitrogens is 1. The van der Waals surface area contributed by atoms with Gasteiger partial charge < -0.3 is 14.8 Å². The minimum atomic E-state index is -0.0434. The first-order valence-corrected chi connectivity index (χ1v) is 8.63. The zero-order chi connectivity index (χ0) is 19.1. The smallest absolute Gasteiger partial charge is 0.224 e. The molecule has 0 saturated carbocycles. The number of carbonyl (C=O) groups is 1. The zero-order valence-electron chi connectivity index (χ0n) is 15.4. The Bertz CT molecular complexity index is 890. The van der Waals surface area contributed by atoms with Crippen molar-refractivity contribution in [1.29, 1.82) is 0 Å². The summed E-state index contributed by atoms with van der Waals surface area (Å²) in [6, 6.07) is 15.0. The topological polar surface area (TPSA) is 89.1 Å². The minimum Gasteiger partial charge on any atom is -0.497 e. The molecule has 140 valence electrons. The van der Waals surface area contributed by atoms with Gasteiger partial charge in [0.05, 0.1) is 20.6 Å². The molecule has 1 aromatic heterocycles. The van der Waals surface area contributed by atoms with Gasteiger partial charge >= 0.3 is 0 Å². The molecule has 27 heavy (non-hydrogen) atoms. The first kappa shape index (κ1) is 18.4. The van der Waals surface area contributed by atoms with Gasteiger partial charge in [0.1, 0.15) is 17.3 Å². The van der Waals surface area contributed by atoms with Gasteiger partial charge in [0.2, 0.25) is 5.91 Å². The van der Waals surface area contributed by atoms with Crippen molar-refractivity contribution < 1.29 is 14.3 Å². The number of amides is 1. The van der Waals surface area contributed by atoms with Crippen LogP contribution < -0.4 is 14.8 Å². The zero-order valence-corrected chi connectivity index (χ0v) is 15.4. The maximum atomic E-state index is 12.1. The van der Waals surface area contributed by atoms with Gasteiger partial charge in [-0.1, -0.05) is 12.1 Å². The second kappa shape index (κ2) is 8.84. The number of hydrogen-bond donors (Lipinski definition) is 2. The van der Waals surface area contributed by atoms with Crippen LogP contribution >= 0.6 is 0 Å². The number of methoxy groups -OCH3 is 2. The fraction of sp³-hybridized carbons (Fsp3) is 0.250. The van der Waals surface area contributed by atoms with Crippen LogP contribution in [0.25, 0.3) is 11.4 Å². The predicted molar refractivity (Wildman–Crippen MR) is 102 cm³/mol. The monoisotopic (exact) mass is 366 g/mol. The Kier molecular flexibility index (Phi) is 6.04. The summed E-state index contributed by atoms with van der Waals surface area (Å²) >= 11 is 0. The minimum absolute atomic E-state index is 0.0434. The quantitative estimate of drug-likeness (QED) is 0.639. The lowest BCUT2D eigenvalue weighted by molar-refractivity contribution is -0.120. The van der Waals surface area contributed by atoms with Crippen molar-refractivity contribution in [3.8, 4) is 22.9 Å². The highest BCUT2D eigenvalue weighted by Gasteiger charge is 2.08. The summed E-state index contributed by atoms with van der Waals surface area (Å²) in [4.78, 5) is 16.5. The van der Waals surface area contributed by atoms with Gasteiger partial charge in [-0.3, -0.25) is 9.89 Å². The third kappa shape index (κ3) is 5.07. The molecule has 2 aromatic carbocycles. The molecule has 1 heterocycles. The fourth-order valence-corrected chi connectivity index (χ4v) is 2.63. The number of aromatic nitrogens is 3. The van der Waals surface area contributed by atoms with Crippen molar-refractivity contribution in [2.45, 2.75) is 12.8 Å². The van der Waals surface area contributed by atoms with Crippen LogP contribution in [0.15, 0.2) is 48.5 Å². The van der Waals surface area contributed by atoms with Crippen molar-refractivity contribution in [1.82, 2.24) is 20.5 Å². The van der Waals surface area contributed by atoms with Crippen LogP contribution in [0, 0.1) is 0 Å². The van der Waals surface area contributed by atoms with Gasteiger partial charge in [0, 0.05) is 18.5 Å². The van der Waals surface area contributed by atoms with Gasteiger partial charge in [0.25, 0.3) is 0 Å². The lowest BCUT2D eigenvalue weighted by Gasteiger charge is -2.05. The van der Waals surface area contributed by atoms with E-state index in [-0.39, 0.29) is 5.91 Å². The van der Waals surface area contributed by atoms with E-state index >= 15 is 0 Å². The molecule has 2 N–H and O–H groups in total. The van der Waals surface area contributed by atoms with E-state index in [4.69, 9.17) is 9.47 Å². The largest absolute Gasteiger partial charge is 0.497 e. The van der Waals surface area contributed by atoms with Crippen LogP contribution in [-0.4, -0.2) is 41.9 Å². The number of nitrogens with one attached hydrogen (secondary N) is 2. The standard InChI is InChI=1S/C20H22N4O3/c1-26-16-8-6-15(7-9-16)20-22-18(23-24-20)10-11-21-19(25)13-14-4-3-5-17(12-14)27-2/h3-9,12H,10-11,13H2,1-2H3,(H,21,25)(H,22,23,24). The van der Waals surface area contributed by atoms with Crippen molar-refractivity contribution in [2.24, 2.45) is 0 Å². The summed E-state index contributed by atoms with van der Waals surface area (Å²) in [5.74, 6) is 2.83. The Morgan fingerprint density at radius 1 is 1.07 bits per heavy atom. The molecule has 0 fully saturated rings. The van der Waals surface area contributed by atoms with Crippen LogP contribution in [0.3, 0.4) is 0 Å². The first-order valence-electron chi connectivity index (χ1n) is 8.63. The van der Waals surface area contributed by atoms with Crippen LogP contribution in [0.2, 0.25) is 0 Å². The van der Waals surface area contributed by atoms with Crippen molar-refractivity contribution in [2.75, 3.05) is 20.8 Å². The van der Waals surface area contributed by atoms with E-state index in [1.807, 2.05) is 48.5 Å². The van der Waals surface area contributed by atoms with Crippen molar-refractivity contribution in [3.05, 3.63) is 59.9 Å². The molecule has 0 saturated heterocycles. The molecule has 3 aromatic rings. The summed E-state index contributed by atoms with van der Waals surface area (Å²) in [6.45, 7) is 0.486. The molecule has 0 bridgehead atoms. The maximum Gasteiger partial charge on any atom is 0.224 e. The van der Waals surface area contributed by atoms with Gasteiger partial charge in [0.15, 0.2) is 5.82 Å². The molecule has 0 unspecified atom stereocenters. The molecule has 1 amide bonds. The fourth-order valence-electron chi connectivity index (χ4n) is 2.63. The van der Waals surface area contributed by atoms with Gasteiger partial charge in [-0.25, -0.2) is 4.98 Å². The SMILES string of the molecule is COc1ccc(-c2n[nH]c(CCNC(=O)Cc3cccc(OC)c3)n2)cc1. The molecule has 0 spiro atoms. The number of benzene rings is 2. The molecular weight excluding hydrogens is 344 g/mol. The maximum absolute atomic E-state index is 12.1. The van der Waals surface area contributed by atoms with E-state index in [0.717, 1.165) is 28.5 Å². The van der Waals surface area contributed by atoms with E-state index < -0.39 is 0 Å². The van der Waals surface area contributed by atoms with Gasteiger partial charge in [-0.15, -0.1) is 0 Å². The molecule has 7 nitrogen and oxygen atoms in total. The summed E-state index contributed by atoms with van der Waals surface area (Å²) in [7, 11) is 3.24. The number of rotatable bonds is 8. The van der Waals surface area contributed by atoms with E-state index in [1.165, 1.54) is 0 Å². The molecule has 7 heteroatoms. The number of nitrogens with zero attached hydrogens (tertiary/aromatic N) is 2. The van der Waals surface area contributed by atoms with E-state index in [9.17, 15) is 4.79 Å². The molecule has 0 atom stereocenters. The molecule has 0 aliphatic carbocycles. The lowest BCUT2D eigenvalue weighted by Crippen LogP contribution is -2.27. The Morgan fingerprint density at radius 2 is 1.85 bits per heavy atom. The average Bonchev–Trinajstić information content (AvgIpc) is 3.17. The van der Waals surface area contributed by atoms with E-state index in [1.54, 1.807) is 14.2 Å². The summed E-state index contributed by atoms with van der Waals surface area (Å²) in [6.07, 6.45) is 0.887. The third-order valence-corrected chi connectivity index (χ3v) is 4.06. The van der Waals surface area contributed by atoms with Gasteiger partial charge in [-0.05, 0) is 42.0 Å². The summed E-state index contributed by atoms with van der Waals surface area (Å²) in [5.41, 5.74) is 1.81. The highest BCUT2D eigenvalue weighted by atomic mass is 16.5. The van der Waals surface area contributed by atoms with Crippen molar-refractivity contribution >= 4 is 5.91 Å². The third-order valence-electron chi connectivity index (χ3n) is 4.06. The second-order valence-electron chi connectivity index (χ2n) is 5.96. The number of aromatic amines is 1. The molecule has 0 radical (unpaired) electrons. The average molecular weight is 366 g/mol. The Balaban J connectivity index is 1.48. The van der Waals surface area contributed by atoms with Crippen LogP contribution in [0.4, 0.5) is 0 Å². The molecule has 3 rings (SSSR count). The summed E-state index contributed by atoms with van der Waals surface area (Å²) in [5, 5.41) is 10.0. The van der Waals surface area contributed by atoms with Crippen LogP contribution in [0.5, 0.6) is 11.5 Å². The molecular formula is C20H22N4O3. The van der Waals surface area contributed by atoms with E-state index in [0.29, 0.717) is 25.2 Å². The number of ether oxygens (including phenoxy) is 2. The predicted octanol–water partition coefficient (Wildman–Crippen LogP) is 2.39. The number of carbonyl (C=O) groups excluding carboxylic acids is 1. The lowest BCUT2D eigenvalue weighted by atomic mass is 10.1. The second-order valence-corrected chi connectivity index (χ2v) is 5.96. The van der Waals surface area contributed by atoms with Crippen LogP contribution in [-0.2, 0) is 17.6 Å². The molecule has 0 aliphatic rings. The normalized spacial score (nSPS) is 10.4. The highest BCUT2D eigenvalue weighted by molar-refractivity contribution is 5.78. The highest BCUT2D eigenvalue weighted by Crippen LogP contribution is 2.19. The van der Waals surface area contributed by atoms with Crippen LogP contribution in [0.1, 0.15) is 11.4 Å². The molecule has 0 aliphatic heterocycles. The van der Waals surface area contributed by atoms with Gasteiger partial charge in [-0.2, -0.15) is 5.10 Å². The Morgan fingerprint density at radius 3 is 2.59 bits per heavy atom. The number of hydrogen-bond acceptors (Lipinski definition) is 5. The Hall–Kier alpha value is -3.35. The first-order chi connectivity index (χ1) is 13.2. The van der Waals surface area contributed by atoms with Crippen molar-refractivity contribution in [3.63, 3.8) is 0 Å². The van der Waals surface area contributed by atoms with E-state index in [2.05, 4.69) is 20.5 Å². The summed E-state index contributed by atoms with van der Waals surface area (Å²) < 4.78 is 10.3.